The molecule has 0 aromatic heterocycles. The van der Waals surface area contributed by atoms with Crippen molar-refractivity contribution < 1.29 is 28.6 Å². The second-order valence-corrected chi connectivity index (χ2v) is 7.19. The van der Waals surface area contributed by atoms with Crippen LogP contribution in [-0.4, -0.2) is 31.1 Å². The molecule has 0 saturated heterocycles. The lowest BCUT2D eigenvalue weighted by Crippen LogP contribution is -2.11. The molecule has 0 aliphatic carbocycles. The zero-order valence-corrected chi connectivity index (χ0v) is 18.0. The first-order chi connectivity index (χ1) is 14.7. The molecule has 0 amide bonds. The zero-order valence-electron chi connectivity index (χ0n) is 18.0. The Morgan fingerprint density at radius 3 is 2.03 bits per heavy atom. The normalized spacial score (nSPS) is 10.2. The standard InChI is InChI=1S/C25H26O6/c1-16(2)23(26)29-11-6-12-30-25(28)21-14-18(5)13-20(15-21)19-7-9-22(10-8-19)31-24(27)17(3)4/h7-10,13-15H,1,3,6,11-12H2,2,4-5H3. The van der Waals surface area contributed by atoms with Crippen molar-refractivity contribution in [1.29, 1.82) is 0 Å². The number of hydrogen-bond acceptors (Lipinski definition) is 6. The molecule has 0 heterocycles. The molecule has 0 aliphatic rings. The number of hydrogen-bond donors (Lipinski definition) is 0. The first-order valence-electron chi connectivity index (χ1n) is 9.77. The summed E-state index contributed by atoms with van der Waals surface area (Å²) >= 11 is 0. The Kier molecular flexibility index (Phi) is 8.32. The van der Waals surface area contributed by atoms with E-state index in [0.717, 1.165) is 16.7 Å². The Hall–Kier alpha value is -3.67. The molecule has 2 aromatic rings. The largest absolute Gasteiger partial charge is 0.462 e. The molecule has 0 N–H and O–H groups in total. The topological polar surface area (TPSA) is 78.9 Å². The number of rotatable bonds is 9. The molecule has 6 heteroatoms. The van der Waals surface area contributed by atoms with E-state index >= 15 is 0 Å². The van der Waals surface area contributed by atoms with Crippen molar-refractivity contribution in [3.05, 3.63) is 77.9 Å². The van der Waals surface area contributed by atoms with Crippen LogP contribution in [-0.2, 0) is 19.1 Å². The first kappa shape index (κ1) is 23.6. The third kappa shape index (κ3) is 7.26. The van der Waals surface area contributed by atoms with Crippen molar-refractivity contribution in [2.45, 2.75) is 27.2 Å². The monoisotopic (exact) mass is 422 g/mol. The van der Waals surface area contributed by atoms with Crippen LogP contribution in [0.3, 0.4) is 0 Å². The van der Waals surface area contributed by atoms with Crippen LogP contribution in [0.1, 0.15) is 36.2 Å². The van der Waals surface area contributed by atoms with Gasteiger partial charge < -0.3 is 14.2 Å². The third-order valence-electron chi connectivity index (χ3n) is 4.16. The van der Waals surface area contributed by atoms with E-state index in [4.69, 9.17) is 14.2 Å². The Morgan fingerprint density at radius 1 is 0.806 bits per heavy atom. The fourth-order valence-corrected chi connectivity index (χ4v) is 2.57. The molecule has 0 spiro atoms. The summed E-state index contributed by atoms with van der Waals surface area (Å²) in [6.07, 6.45) is 0.397. The van der Waals surface area contributed by atoms with Gasteiger partial charge in [-0.25, -0.2) is 14.4 Å². The van der Waals surface area contributed by atoms with Crippen molar-refractivity contribution in [3.8, 4) is 16.9 Å². The maximum absolute atomic E-state index is 12.4. The van der Waals surface area contributed by atoms with Crippen LogP contribution in [0.4, 0.5) is 0 Å². The third-order valence-corrected chi connectivity index (χ3v) is 4.16. The number of esters is 3. The Labute approximate surface area is 182 Å². The Morgan fingerprint density at radius 2 is 1.42 bits per heavy atom. The zero-order chi connectivity index (χ0) is 23.0. The minimum Gasteiger partial charge on any atom is -0.462 e. The minimum absolute atomic E-state index is 0.133. The molecular weight excluding hydrogens is 396 g/mol. The molecule has 0 aliphatic heterocycles. The van der Waals surface area contributed by atoms with Gasteiger partial charge in [-0.05, 0) is 61.7 Å². The van der Waals surface area contributed by atoms with Gasteiger partial charge in [-0.2, -0.15) is 0 Å². The highest BCUT2D eigenvalue weighted by atomic mass is 16.5. The number of aryl methyl sites for hydroxylation is 1. The summed E-state index contributed by atoms with van der Waals surface area (Å²) < 4.78 is 15.4. The van der Waals surface area contributed by atoms with E-state index in [1.807, 2.05) is 13.0 Å². The van der Waals surface area contributed by atoms with Gasteiger partial charge in [0.1, 0.15) is 5.75 Å². The maximum Gasteiger partial charge on any atom is 0.338 e. The predicted molar refractivity (Wildman–Crippen MR) is 118 cm³/mol. The lowest BCUT2D eigenvalue weighted by Gasteiger charge is -2.10. The molecule has 31 heavy (non-hydrogen) atoms. The van der Waals surface area contributed by atoms with E-state index in [1.165, 1.54) is 0 Å². The molecule has 0 atom stereocenters. The molecule has 2 rings (SSSR count). The van der Waals surface area contributed by atoms with E-state index in [2.05, 4.69) is 13.2 Å². The van der Waals surface area contributed by atoms with Gasteiger partial charge in [0, 0.05) is 17.6 Å². The molecule has 0 unspecified atom stereocenters. The van der Waals surface area contributed by atoms with Crippen LogP contribution in [0.25, 0.3) is 11.1 Å². The number of benzene rings is 2. The molecule has 6 nitrogen and oxygen atoms in total. The van der Waals surface area contributed by atoms with Gasteiger partial charge in [0.15, 0.2) is 0 Å². The quantitative estimate of drug-likeness (QED) is 0.250. The highest BCUT2D eigenvalue weighted by molar-refractivity contribution is 5.91. The van der Waals surface area contributed by atoms with Crippen molar-refractivity contribution in [2.75, 3.05) is 13.2 Å². The highest BCUT2D eigenvalue weighted by Crippen LogP contribution is 2.25. The number of carbonyl (C=O) groups is 3. The van der Waals surface area contributed by atoms with Crippen molar-refractivity contribution in [2.24, 2.45) is 0 Å². The fourth-order valence-electron chi connectivity index (χ4n) is 2.57. The van der Waals surface area contributed by atoms with Crippen molar-refractivity contribution in [1.82, 2.24) is 0 Å². The van der Waals surface area contributed by atoms with E-state index in [1.54, 1.807) is 50.2 Å². The van der Waals surface area contributed by atoms with Gasteiger partial charge in [0.2, 0.25) is 0 Å². The van der Waals surface area contributed by atoms with Crippen LogP contribution in [0.5, 0.6) is 5.75 Å². The SMILES string of the molecule is C=C(C)C(=O)OCCCOC(=O)c1cc(C)cc(-c2ccc(OC(=O)C(=C)C)cc2)c1. The maximum atomic E-state index is 12.4. The molecule has 0 fully saturated rings. The molecule has 0 bridgehead atoms. The van der Waals surface area contributed by atoms with Gasteiger partial charge in [0.25, 0.3) is 0 Å². The molecule has 2 aromatic carbocycles. The average molecular weight is 422 g/mol. The van der Waals surface area contributed by atoms with Crippen LogP contribution >= 0.6 is 0 Å². The van der Waals surface area contributed by atoms with E-state index < -0.39 is 17.9 Å². The lowest BCUT2D eigenvalue weighted by atomic mass is 10.00. The number of ether oxygens (including phenoxy) is 3. The minimum atomic E-state index is -0.484. The second kappa shape index (κ2) is 10.9. The summed E-state index contributed by atoms with van der Waals surface area (Å²) in [4.78, 5) is 35.4. The summed E-state index contributed by atoms with van der Waals surface area (Å²) in [5.74, 6) is -0.989. The van der Waals surface area contributed by atoms with Crippen molar-refractivity contribution >= 4 is 17.9 Å². The van der Waals surface area contributed by atoms with Crippen LogP contribution in [0.15, 0.2) is 66.8 Å². The summed E-state index contributed by atoms with van der Waals surface area (Å²) in [7, 11) is 0. The van der Waals surface area contributed by atoms with E-state index in [-0.39, 0.29) is 13.2 Å². The summed E-state index contributed by atoms with van der Waals surface area (Å²) in [5.41, 5.74) is 3.66. The Bertz CT molecular complexity index is 1000. The summed E-state index contributed by atoms with van der Waals surface area (Å²) in [6.45, 7) is 12.4. The van der Waals surface area contributed by atoms with Gasteiger partial charge in [-0.15, -0.1) is 0 Å². The first-order valence-corrected chi connectivity index (χ1v) is 9.77. The predicted octanol–water partition coefficient (Wildman–Crippen LogP) is 4.81. The summed E-state index contributed by atoms with van der Waals surface area (Å²) in [5, 5.41) is 0. The smallest absolute Gasteiger partial charge is 0.338 e. The van der Waals surface area contributed by atoms with Gasteiger partial charge in [-0.3, -0.25) is 0 Å². The van der Waals surface area contributed by atoms with Crippen LogP contribution in [0.2, 0.25) is 0 Å². The highest BCUT2D eigenvalue weighted by Gasteiger charge is 2.11. The van der Waals surface area contributed by atoms with E-state index in [9.17, 15) is 14.4 Å². The molecule has 0 saturated carbocycles. The molecule has 0 radical (unpaired) electrons. The van der Waals surface area contributed by atoms with E-state index in [0.29, 0.717) is 28.9 Å². The average Bonchev–Trinajstić information content (AvgIpc) is 2.73. The van der Waals surface area contributed by atoms with Gasteiger partial charge >= 0.3 is 17.9 Å². The Balaban J connectivity index is 2.00. The lowest BCUT2D eigenvalue weighted by molar-refractivity contribution is -0.139. The van der Waals surface area contributed by atoms with Gasteiger partial charge in [-0.1, -0.05) is 31.4 Å². The second-order valence-electron chi connectivity index (χ2n) is 7.19. The summed E-state index contributed by atoms with van der Waals surface area (Å²) in [6, 6.07) is 12.4. The van der Waals surface area contributed by atoms with Crippen molar-refractivity contribution in [3.63, 3.8) is 0 Å². The molecule has 162 valence electrons. The number of carbonyl (C=O) groups excluding carboxylic acids is 3. The fraction of sp³-hybridized carbons (Fsp3) is 0.240. The molecular formula is C25H26O6. The van der Waals surface area contributed by atoms with Gasteiger partial charge in [0.05, 0.1) is 18.8 Å². The van der Waals surface area contributed by atoms with Crippen LogP contribution in [0, 0.1) is 6.92 Å². The van der Waals surface area contributed by atoms with Crippen LogP contribution < -0.4 is 4.74 Å².